The molecule has 6 nitrogen and oxygen atoms in total. The number of likely N-dealkylation sites (N-methyl/N-ethyl adjacent to an activating group) is 1. The van der Waals surface area contributed by atoms with Gasteiger partial charge in [-0.2, -0.15) is 4.31 Å². The largest absolute Gasteiger partial charge is 0.325 e. The highest BCUT2D eigenvalue weighted by atomic mass is 32.2. The van der Waals surface area contributed by atoms with E-state index in [9.17, 15) is 13.2 Å². The van der Waals surface area contributed by atoms with Crippen LogP contribution >= 0.6 is 0 Å². The van der Waals surface area contributed by atoms with Crippen molar-refractivity contribution in [2.45, 2.75) is 43.0 Å². The lowest BCUT2D eigenvalue weighted by Crippen LogP contribution is -2.35. The molecule has 1 aliphatic heterocycles. The fourth-order valence-electron chi connectivity index (χ4n) is 4.54. The number of benzene rings is 2. The molecule has 7 heteroatoms. The van der Waals surface area contributed by atoms with Crippen LogP contribution in [0.2, 0.25) is 0 Å². The van der Waals surface area contributed by atoms with Crippen LogP contribution in [0.25, 0.3) is 0 Å². The third kappa shape index (κ3) is 4.43. The number of carbonyl (C=O) groups excluding carboxylic acids is 1. The second kappa shape index (κ2) is 8.88. The number of hydrogen-bond acceptors (Lipinski definition) is 4. The summed E-state index contributed by atoms with van der Waals surface area (Å²) in [5.74, 6) is -0.142. The van der Waals surface area contributed by atoms with E-state index >= 15 is 0 Å². The number of sulfonamides is 1. The minimum atomic E-state index is -3.50. The zero-order chi connectivity index (χ0) is 21.1. The number of amides is 1. The van der Waals surface area contributed by atoms with Crippen LogP contribution in [-0.4, -0.2) is 50.2 Å². The molecule has 0 radical (unpaired) electrons. The van der Waals surface area contributed by atoms with Crippen LogP contribution in [0, 0.1) is 0 Å². The quantitative estimate of drug-likeness (QED) is 0.767. The van der Waals surface area contributed by atoms with Gasteiger partial charge >= 0.3 is 0 Å². The van der Waals surface area contributed by atoms with Crippen LogP contribution in [0.15, 0.2) is 53.4 Å². The average Bonchev–Trinajstić information content (AvgIpc) is 3.29. The van der Waals surface area contributed by atoms with Gasteiger partial charge in [0.1, 0.15) is 0 Å². The lowest BCUT2D eigenvalue weighted by atomic mass is 9.87. The predicted molar refractivity (Wildman–Crippen MR) is 118 cm³/mol. The van der Waals surface area contributed by atoms with Crippen LogP contribution in [-0.2, 0) is 21.2 Å². The molecule has 30 heavy (non-hydrogen) atoms. The van der Waals surface area contributed by atoms with E-state index in [2.05, 4.69) is 34.5 Å². The Labute approximate surface area is 178 Å². The SMILES string of the molecule is CN(CC(=O)Nc1cccc(S(=O)(=O)N2CCCC2)c1)[C@@H]1CCCc2ccccc21. The standard InChI is InChI=1S/C23H29N3O3S/c1-25(22-13-6-9-18-8-2-3-12-21(18)22)17-23(27)24-19-10-7-11-20(16-19)30(28,29)26-14-4-5-15-26/h2-3,7-8,10-12,16,22H,4-6,9,13-15,17H2,1H3,(H,24,27)/t22-/m1/s1. The number of nitrogens with one attached hydrogen (secondary N) is 1. The van der Waals surface area contributed by atoms with Crippen LogP contribution in [0.1, 0.15) is 42.9 Å². The molecule has 160 valence electrons. The second-order valence-electron chi connectivity index (χ2n) is 8.21. The van der Waals surface area contributed by atoms with Crippen LogP contribution in [0.3, 0.4) is 0 Å². The molecule has 1 aliphatic carbocycles. The Morgan fingerprint density at radius 2 is 1.87 bits per heavy atom. The number of nitrogens with zero attached hydrogens (tertiary/aromatic N) is 2. The van der Waals surface area contributed by atoms with E-state index in [0.29, 0.717) is 18.8 Å². The Morgan fingerprint density at radius 3 is 2.67 bits per heavy atom. The van der Waals surface area contributed by atoms with Gasteiger partial charge < -0.3 is 5.32 Å². The number of hydrogen-bond donors (Lipinski definition) is 1. The fraction of sp³-hybridized carbons (Fsp3) is 0.435. The van der Waals surface area contributed by atoms with Gasteiger partial charge in [0, 0.05) is 24.8 Å². The van der Waals surface area contributed by atoms with E-state index in [1.807, 2.05) is 7.05 Å². The zero-order valence-corrected chi connectivity index (χ0v) is 18.2. The van der Waals surface area contributed by atoms with E-state index in [0.717, 1.165) is 32.1 Å². The van der Waals surface area contributed by atoms with Crippen molar-refractivity contribution < 1.29 is 13.2 Å². The van der Waals surface area contributed by atoms with Crippen molar-refractivity contribution in [1.29, 1.82) is 0 Å². The third-order valence-electron chi connectivity index (χ3n) is 6.08. The van der Waals surface area contributed by atoms with Gasteiger partial charge in [-0.25, -0.2) is 8.42 Å². The zero-order valence-electron chi connectivity index (χ0n) is 17.4. The summed E-state index contributed by atoms with van der Waals surface area (Å²) >= 11 is 0. The number of anilines is 1. The Bertz CT molecular complexity index is 1020. The smallest absolute Gasteiger partial charge is 0.243 e. The lowest BCUT2D eigenvalue weighted by Gasteiger charge is -2.32. The lowest BCUT2D eigenvalue weighted by molar-refractivity contribution is -0.117. The molecule has 4 rings (SSSR count). The van der Waals surface area contributed by atoms with Crippen molar-refractivity contribution in [2.24, 2.45) is 0 Å². The summed E-state index contributed by atoms with van der Waals surface area (Å²) in [7, 11) is -1.53. The predicted octanol–water partition coefficient (Wildman–Crippen LogP) is 3.42. The minimum Gasteiger partial charge on any atom is -0.325 e. The fourth-order valence-corrected chi connectivity index (χ4v) is 6.10. The molecule has 0 unspecified atom stereocenters. The maximum Gasteiger partial charge on any atom is 0.243 e. The molecule has 1 N–H and O–H groups in total. The first kappa shape index (κ1) is 21.0. The van der Waals surface area contributed by atoms with Gasteiger partial charge in [-0.3, -0.25) is 9.69 Å². The molecule has 1 atom stereocenters. The van der Waals surface area contributed by atoms with Gasteiger partial charge in [-0.05, 0) is 68.5 Å². The van der Waals surface area contributed by atoms with E-state index in [1.54, 1.807) is 24.3 Å². The summed E-state index contributed by atoms with van der Waals surface area (Å²) in [5.41, 5.74) is 3.18. The molecule has 1 fully saturated rings. The molecule has 0 bridgehead atoms. The van der Waals surface area contributed by atoms with Crippen molar-refractivity contribution in [1.82, 2.24) is 9.21 Å². The monoisotopic (exact) mass is 427 g/mol. The molecule has 1 heterocycles. The van der Waals surface area contributed by atoms with Crippen molar-refractivity contribution >= 4 is 21.6 Å². The number of aryl methyl sites for hydroxylation is 1. The molecule has 0 aromatic heterocycles. The van der Waals surface area contributed by atoms with Crippen LogP contribution in [0.4, 0.5) is 5.69 Å². The second-order valence-corrected chi connectivity index (χ2v) is 10.1. The van der Waals surface area contributed by atoms with Crippen molar-refractivity contribution in [3.8, 4) is 0 Å². The number of carbonyl (C=O) groups is 1. The molecule has 1 amide bonds. The Balaban J connectivity index is 1.42. The molecule has 2 aromatic carbocycles. The Morgan fingerprint density at radius 1 is 1.10 bits per heavy atom. The van der Waals surface area contributed by atoms with Gasteiger partial charge in [0.05, 0.1) is 11.4 Å². The molecule has 0 saturated carbocycles. The summed E-state index contributed by atoms with van der Waals surface area (Å²) in [6.45, 7) is 1.38. The van der Waals surface area contributed by atoms with Crippen LogP contribution in [0.5, 0.6) is 0 Å². The van der Waals surface area contributed by atoms with Crippen molar-refractivity contribution in [3.63, 3.8) is 0 Å². The van der Waals surface area contributed by atoms with Crippen molar-refractivity contribution in [3.05, 3.63) is 59.7 Å². The number of fused-ring (bicyclic) bond motifs is 1. The molecule has 0 spiro atoms. The highest BCUT2D eigenvalue weighted by Gasteiger charge is 2.28. The summed E-state index contributed by atoms with van der Waals surface area (Å²) in [6, 6.07) is 15.2. The summed E-state index contributed by atoms with van der Waals surface area (Å²) in [6.07, 6.45) is 5.03. The normalized spacial score (nSPS) is 19.6. The highest BCUT2D eigenvalue weighted by molar-refractivity contribution is 7.89. The summed E-state index contributed by atoms with van der Waals surface area (Å²) in [5, 5.41) is 2.88. The van der Waals surface area contributed by atoms with Gasteiger partial charge in [0.2, 0.25) is 15.9 Å². The average molecular weight is 428 g/mol. The van der Waals surface area contributed by atoms with Gasteiger partial charge in [0.25, 0.3) is 0 Å². The summed E-state index contributed by atoms with van der Waals surface area (Å²) in [4.78, 5) is 15.0. The number of rotatable bonds is 6. The maximum absolute atomic E-state index is 12.8. The Kier molecular flexibility index (Phi) is 6.22. The Hall–Kier alpha value is -2.22. The maximum atomic E-state index is 12.8. The van der Waals surface area contributed by atoms with Gasteiger partial charge in [-0.1, -0.05) is 30.3 Å². The third-order valence-corrected chi connectivity index (χ3v) is 7.98. The van der Waals surface area contributed by atoms with E-state index in [4.69, 9.17) is 0 Å². The first-order chi connectivity index (χ1) is 14.4. The van der Waals surface area contributed by atoms with E-state index in [-0.39, 0.29) is 23.4 Å². The van der Waals surface area contributed by atoms with E-state index in [1.165, 1.54) is 15.4 Å². The molecule has 2 aromatic rings. The molecule has 2 aliphatic rings. The first-order valence-corrected chi connectivity index (χ1v) is 12.1. The molecular weight excluding hydrogens is 398 g/mol. The van der Waals surface area contributed by atoms with Gasteiger partial charge in [-0.15, -0.1) is 0 Å². The minimum absolute atomic E-state index is 0.142. The first-order valence-electron chi connectivity index (χ1n) is 10.6. The molecule has 1 saturated heterocycles. The molecular formula is C23H29N3O3S. The van der Waals surface area contributed by atoms with E-state index < -0.39 is 10.0 Å². The highest BCUT2D eigenvalue weighted by Crippen LogP contribution is 2.33. The topological polar surface area (TPSA) is 69.7 Å². The summed E-state index contributed by atoms with van der Waals surface area (Å²) < 4.78 is 27.1. The van der Waals surface area contributed by atoms with Gasteiger partial charge in [0.15, 0.2) is 0 Å². The van der Waals surface area contributed by atoms with Crippen molar-refractivity contribution in [2.75, 3.05) is 32.0 Å². The van der Waals surface area contributed by atoms with Crippen LogP contribution < -0.4 is 5.32 Å².